The minimum absolute atomic E-state index is 0.0657. The molecule has 2 aromatic carbocycles. The molecule has 1 aliphatic heterocycles. The first-order valence-electron chi connectivity index (χ1n) is 7.56. The molecular formula is C17H14F2N2O4. The Hall–Kier alpha value is -2.87. The van der Waals surface area contributed by atoms with Gasteiger partial charge in [-0.2, -0.15) is 0 Å². The van der Waals surface area contributed by atoms with Crippen LogP contribution in [0.15, 0.2) is 42.5 Å². The van der Waals surface area contributed by atoms with Crippen LogP contribution in [0.2, 0.25) is 0 Å². The molecule has 2 aromatic rings. The number of hydrogen-bond acceptors (Lipinski definition) is 4. The van der Waals surface area contributed by atoms with Gasteiger partial charge in [0, 0.05) is 18.2 Å². The second-order valence-corrected chi connectivity index (χ2v) is 5.55. The quantitative estimate of drug-likeness (QED) is 0.631. The maximum absolute atomic E-state index is 14.1. The molecule has 1 atom stereocenters. The first-order valence-corrected chi connectivity index (χ1v) is 7.56. The average Bonchev–Trinajstić information content (AvgIpc) is 2.61. The predicted molar refractivity (Wildman–Crippen MR) is 84.1 cm³/mol. The van der Waals surface area contributed by atoms with Gasteiger partial charge in [0.05, 0.1) is 29.7 Å². The third kappa shape index (κ3) is 3.48. The van der Waals surface area contributed by atoms with Crippen LogP contribution < -0.4 is 0 Å². The number of halogens is 2. The molecule has 0 spiro atoms. The molecule has 0 N–H and O–H groups in total. The first-order chi connectivity index (χ1) is 12.0. The summed E-state index contributed by atoms with van der Waals surface area (Å²) in [5.74, 6) is -2.02. The Labute approximate surface area is 141 Å². The van der Waals surface area contributed by atoms with Crippen molar-refractivity contribution in [3.63, 3.8) is 0 Å². The lowest BCUT2D eigenvalue weighted by molar-refractivity contribution is -0.385. The normalized spacial score (nSPS) is 17.4. The third-order valence-electron chi connectivity index (χ3n) is 4.00. The number of rotatable bonds is 3. The number of nitro benzene ring substituents is 1. The van der Waals surface area contributed by atoms with Gasteiger partial charge in [-0.05, 0) is 12.1 Å². The van der Waals surface area contributed by atoms with Crippen LogP contribution in [0.25, 0.3) is 0 Å². The number of morpholine rings is 1. The lowest BCUT2D eigenvalue weighted by Gasteiger charge is -2.33. The van der Waals surface area contributed by atoms with Crippen molar-refractivity contribution in [2.24, 2.45) is 0 Å². The molecule has 1 amide bonds. The molecule has 1 fully saturated rings. The highest BCUT2D eigenvalue weighted by Crippen LogP contribution is 2.26. The van der Waals surface area contributed by atoms with Crippen molar-refractivity contribution in [1.82, 2.24) is 4.90 Å². The standard InChI is InChI=1S/C17H14F2N2O4/c18-14-4-2-1-3-12(14)16-10-20(7-8-25-16)17(22)13-6-5-11(21(23)24)9-15(13)19/h1-6,9,16H,7-8,10H2/t16-/m1/s1. The Bertz CT molecular complexity index is 828. The van der Waals surface area contributed by atoms with Crippen LogP contribution in [0.4, 0.5) is 14.5 Å². The van der Waals surface area contributed by atoms with Gasteiger partial charge in [0.25, 0.3) is 11.6 Å². The summed E-state index contributed by atoms with van der Waals surface area (Å²) >= 11 is 0. The summed E-state index contributed by atoms with van der Waals surface area (Å²) in [6, 6.07) is 8.96. The summed E-state index contributed by atoms with van der Waals surface area (Å²) in [7, 11) is 0. The van der Waals surface area contributed by atoms with Gasteiger partial charge in [-0.15, -0.1) is 0 Å². The monoisotopic (exact) mass is 348 g/mol. The third-order valence-corrected chi connectivity index (χ3v) is 4.00. The van der Waals surface area contributed by atoms with Crippen molar-refractivity contribution in [3.05, 3.63) is 75.3 Å². The highest BCUT2D eigenvalue weighted by atomic mass is 19.1. The molecule has 25 heavy (non-hydrogen) atoms. The van der Waals surface area contributed by atoms with E-state index >= 15 is 0 Å². The Morgan fingerprint density at radius 3 is 2.64 bits per heavy atom. The van der Waals surface area contributed by atoms with Crippen LogP contribution in [0.1, 0.15) is 22.0 Å². The number of carbonyl (C=O) groups is 1. The fourth-order valence-electron chi connectivity index (χ4n) is 2.72. The van der Waals surface area contributed by atoms with Crippen LogP contribution in [0.5, 0.6) is 0 Å². The molecule has 0 radical (unpaired) electrons. The fraction of sp³-hybridized carbons (Fsp3) is 0.235. The zero-order chi connectivity index (χ0) is 18.0. The molecule has 0 saturated carbocycles. The van der Waals surface area contributed by atoms with Crippen molar-refractivity contribution < 1.29 is 23.2 Å². The summed E-state index contributed by atoms with van der Waals surface area (Å²) in [6.45, 7) is 0.468. The number of nitro groups is 1. The number of amides is 1. The molecule has 0 aliphatic carbocycles. The molecule has 1 heterocycles. The highest BCUT2D eigenvalue weighted by Gasteiger charge is 2.29. The van der Waals surface area contributed by atoms with Gasteiger partial charge in [-0.3, -0.25) is 14.9 Å². The zero-order valence-corrected chi connectivity index (χ0v) is 13.0. The first kappa shape index (κ1) is 17.0. The predicted octanol–water partition coefficient (Wildman–Crippen LogP) is 3.09. The van der Waals surface area contributed by atoms with E-state index in [9.17, 15) is 23.7 Å². The molecule has 8 heteroatoms. The molecule has 0 bridgehead atoms. The van der Waals surface area contributed by atoms with E-state index in [0.29, 0.717) is 11.6 Å². The Balaban J connectivity index is 1.81. The minimum Gasteiger partial charge on any atom is -0.370 e. The van der Waals surface area contributed by atoms with E-state index in [1.807, 2.05) is 0 Å². The largest absolute Gasteiger partial charge is 0.370 e. The lowest BCUT2D eigenvalue weighted by atomic mass is 10.1. The SMILES string of the molecule is O=C(c1ccc([N+](=O)[O-])cc1F)N1CCO[C@@H](c2ccccc2F)C1. The van der Waals surface area contributed by atoms with E-state index in [1.165, 1.54) is 11.0 Å². The topological polar surface area (TPSA) is 72.7 Å². The van der Waals surface area contributed by atoms with Crippen LogP contribution >= 0.6 is 0 Å². The summed E-state index contributed by atoms with van der Waals surface area (Å²) < 4.78 is 33.5. The highest BCUT2D eigenvalue weighted by molar-refractivity contribution is 5.94. The number of non-ortho nitro benzene ring substituents is 1. The van der Waals surface area contributed by atoms with Crippen molar-refractivity contribution in [3.8, 4) is 0 Å². The smallest absolute Gasteiger partial charge is 0.272 e. The minimum atomic E-state index is -0.965. The number of benzene rings is 2. The summed E-state index contributed by atoms with van der Waals surface area (Å²) in [6.07, 6.45) is -0.653. The Morgan fingerprint density at radius 1 is 1.20 bits per heavy atom. The number of hydrogen-bond donors (Lipinski definition) is 0. The van der Waals surface area contributed by atoms with E-state index in [2.05, 4.69) is 0 Å². The molecule has 130 valence electrons. The summed E-state index contributed by atoms with van der Waals surface area (Å²) in [4.78, 5) is 23.8. The van der Waals surface area contributed by atoms with Crippen molar-refractivity contribution in [2.75, 3.05) is 19.7 Å². The fourth-order valence-corrected chi connectivity index (χ4v) is 2.72. The number of nitrogens with zero attached hydrogens (tertiary/aromatic N) is 2. The molecule has 1 aliphatic rings. The van der Waals surface area contributed by atoms with Crippen LogP contribution in [0, 0.1) is 21.7 Å². The Morgan fingerprint density at radius 2 is 1.96 bits per heavy atom. The summed E-state index contributed by atoms with van der Waals surface area (Å²) in [5, 5.41) is 10.7. The van der Waals surface area contributed by atoms with E-state index in [0.717, 1.165) is 12.1 Å². The number of carbonyl (C=O) groups excluding carboxylic acids is 1. The van der Waals surface area contributed by atoms with Gasteiger partial charge in [0.1, 0.15) is 17.7 Å². The van der Waals surface area contributed by atoms with Crippen LogP contribution in [0.3, 0.4) is 0 Å². The molecule has 3 rings (SSSR count). The molecule has 6 nitrogen and oxygen atoms in total. The maximum Gasteiger partial charge on any atom is 0.272 e. The van der Waals surface area contributed by atoms with Crippen LogP contribution in [-0.4, -0.2) is 35.4 Å². The van der Waals surface area contributed by atoms with Crippen molar-refractivity contribution in [2.45, 2.75) is 6.10 Å². The van der Waals surface area contributed by atoms with Crippen LogP contribution in [-0.2, 0) is 4.74 Å². The van der Waals surface area contributed by atoms with E-state index in [1.54, 1.807) is 18.2 Å². The van der Waals surface area contributed by atoms with Gasteiger partial charge in [0.2, 0.25) is 0 Å². The molecular weight excluding hydrogens is 334 g/mol. The van der Waals surface area contributed by atoms with Gasteiger partial charge >= 0.3 is 0 Å². The lowest BCUT2D eigenvalue weighted by Crippen LogP contribution is -2.42. The van der Waals surface area contributed by atoms with Gasteiger partial charge in [-0.1, -0.05) is 18.2 Å². The Kier molecular flexibility index (Phi) is 4.71. The second-order valence-electron chi connectivity index (χ2n) is 5.55. The van der Waals surface area contributed by atoms with E-state index in [-0.39, 0.29) is 25.3 Å². The average molecular weight is 348 g/mol. The number of ether oxygens (including phenoxy) is 1. The van der Waals surface area contributed by atoms with Gasteiger partial charge in [0.15, 0.2) is 0 Å². The van der Waals surface area contributed by atoms with E-state index < -0.39 is 34.3 Å². The molecule has 1 saturated heterocycles. The summed E-state index contributed by atoms with van der Waals surface area (Å²) in [5.41, 5.74) is -0.371. The maximum atomic E-state index is 14.1. The zero-order valence-electron chi connectivity index (χ0n) is 13.0. The second kappa shape index (κ2) is 6.94. The van der Waals surface area contributed by atoms with Crippen molar-refractivity contribution in [1.29, 1.82) is 0 Å². The van der Waals surface area contributed by atoms with E-state index in [4.69, 9.17) is 4.74 Å². The van der Waals surface area contributed by atoms with Gasteiger partial charge in [-0.25, -0.2) is 8.78 Å². The van der Waals surface area contributed by atoms with Gasteiger partial charge < -0.3 is 9.64 Å². The van der Waals surface area contributed by atoms with Crippen molar-refractivity contribution >= 4 is 11.6 Å². The molecule has 0 unspecified atom stereocenters. The molecule has 0 aromatic heterocycles.